The number of hydrogen-bond acceptors (Lipinski definition) is 10. The lowest BCUT2D eigenvalue weighted by atomic mass is 9.96. The predicted octanol–water partition coefficient (Wildman–Crippen LogP) is 29.4. The molecule has 580 valence electrons. The van der Waals surface area contributed by atoms with Gasteiger partial charge >= 0.3 is 0 Å². The summed E-state index contributed by atoms with van der Waals surface area (Å²) in [5.41, 5.74) is 24.8. The van der Waals surface area contributed by atoms with Gasteiger partial charge in [-0.05, 0) is 86.6 Å². The number of hydrogen-bond donors (Lipinski definition) is 0. The zero-order valence-corrected chi connectivity index (χ0v) is 68.3. The second-order valence-corrected chi connectivity index (χ2v) is 33.0. The highest BCUT2D eigenvalue weighted by Gasteiger charge is 2.26. The number of benzene rings is 16. The summed E-state index contributed by atoms with van der Waals surface area (Å²) in [4.78, 5) is 30.7. The third-order valence-electron chi connectivity index (χ3n) is 23.4. The third-order valence-corrected chi connectivity index (χ3v) is 25.6. The minimum atomic E-state index is 0.608. The highest BCUT2D eigenvalue weighted by molar-refractivity contribution is 7.26. The average molecular weight is 1620 g/mol. The number of fused-ring (bicyclic) bond motifs is 12. The lowest BCUT2D eigenvalue weighted by Crippen LogP contribution is -2.00. The molecule has 0 bridgehead atoms. The molecule has 8 heterocycles. The van der Waals surface area contributed by atoms with E-state index in [0.717, 1.165) is 144 Å². The van der Waals surface area contributed by atoms with Crippen molar-refractivity contribution in [2.75, 3.05) is 0 Å². The number of pyridine rings is 2. The molecule has 0 aliphatic carbocycles. The first-order chi connectivity index (χ1) is 61.5. The van der Waals surface area contributed by atoms with Crippen molar-refractivity contribution in [3.63, 3.8) is 0 Å². The summed E-state index contributed by atoms with van der Waals surface area (Å²) in [5, 5.41) is 20.5. The summed E-state index contributed by atoms with van der Waals surface area (Å²) in [5.74, 6) is 3.71. The second kappa shape index (κ2) is 31.2. The van der Waals surface area contributed by atoms with Crippen molar-refractivity contribution in [2.24, 2.45) is 0 Å². The Morgan fingerprint density at radius 1 is 0.185 bits per heavy atom. The maximum atomic E-state index is 5.40. The van der Waals surface area contributed by atoms with E-state index in [-0.39, 0.29) is 0 Å². The van der Waals surface area contributed by atoms with E-state index in [1.165, 1.54) is 51.5 Å². The fourth-order valence-electron chi connectivity index (χ4n) is 17.5. The first-order valence-electron chi connectivity index (χ1n) is 41.4. The van der Waals surface area contributed by atoms with Crippen LogP contribution in [0, 0.1) is 0 Å². The molecule has 16 aromatic carbocycles. The molecule has 0 aliphatic heterocycles. The Hall–Kier alpha value is -16.1. The zero-order valence-electron chi connectivity index (χ0n) is 66.7. The fourth-order valence-corrected chi connectivity index (χ4v) is 19.7. The topological polar surface area (TPSA) is 112 Å². The fraction of sp³-hybridized carbons (Fsp3) is 0. The Morgan fingerprint density at radius 2 is 0.460 bits per heavy atom. The van der Waals surface area contributed by atoms with Gasteiger partial charge in [0, 0.05) is 118 Å². The molecular weight excluding hydrogens is 1550 g/mol. The third kappa shape index (κ3) is 13.3. The molecular formula is C112H70N10S2. The zero-order chi connectivity index (χ0) is 82.0. The minimum absolute atomic E-state index is 0.608. The van der Waals surface area contributed by atoms with Crippen LogP contribution in [0.3, 0.4) is 0 Å². The predicted molar refractivity (Wildman–Crippen MR) is 514 cm³/mol. The van der Waals surface area contributed by atoms with Gasteiger partial charge in [-0.25, -0.2) is 38.9 Å². The highest BCUT2D eigenvalue weighted by Crippen LogP contribution is 2.47. The van der Waals surface area contributed by atoms with Crippen molar-refractivity contribution in [1.29, 1.82) is 0 Å². The molecule has 0 N–H and O–H groups in total. The van der Waals surface area contributed by atoms with Crippen LogP contribution >= 0.6 is 22.7 Å². The second-order valence-electron chi connectivity index (χ2n) is 30.9. The summed E-state index contributed by atoms with van der Waals surface area (Å²) in [6.45, 7) is 0. The lowest BCUT2D eigenvalue weighted by Gasteiger charge is -2.12. The van der Waals surface area contributed by atoms with Crippen molar-refractivity contribution in [3.05, 3.63) is 425 Å². The Labute approximate surface area is 722 Å². The van der Waals surface area contributed by atoms with Crippen LogP contribution < -0.4 is 0 Å². The molecule has 0 unspecified atom stereocenters. The van der Waals surface area contributed by atoms with Crippen LogP contribution in [0.4, 0.5) is 0 Å². The van der Waals surface area contributed by atoms with Crippen molar-refractivity contribution >= 4 is 95.6 Å². The molecule has 0 radical (unpaired) electrons. The molecule has 0 saturated carbocycles. The SMILES string of the molecule is c1ccc(-c2nc(-c3ccc(-c4c(-c5ccccc5)nn5c(-c6ccccc6)cc6ccccc6c45)cc3)nc(-c3cccc(-c4cccc5sc6ccccc6c45)c3)n2)cc1.c1ccc(-c2nc(-c3ccc(-c4cccc5sc6ccccc6c45)cc3)nc(-c3ccc(-c4c(-c5ccccc5)nn5c(-c6ccccc6)cc6ccccc6c45)cc3)n2)cc1. The Kier molecular flexibility index (Phi) is 18.4. The Balaban J connectivity index is 0.000000143. The van der Waals surface area contributed by atoms with E-state index in [0.29, 0.717) is 34.9 Å². The van der Waals surface area contributed by atoms with Gasteiger partial charge in [0.1, 0.15) is 11.4 Å². The van der Waals surface area contributed by atoms with Gasteiger partial charge in [0.25, 0.3) is 0 Å². The number of thiophene rings is 2. The van der Waals surface area contributed by atoms with Crippen LogP contribution in [0.15, 0.2) is 425 Å². The maximum absolute atomic E-state index is 5.40. The van der Waals surface area contributed by atoms with Crippen LogP contribution in [-0.2, 0) is 0 Å². The monoisotopic (exact) mass is 1620 g/mol. The average Bonchev–Trinajstić information content (AvgIpc) is 1.57. The van der Waals surface area contributed by atoms with Gasteiger partial charge in [-0.1, -0.05) is 382 Å². The molecule has 124 heavy (non-hydrogen) atoms. The lowest BCUT2D eigenvalue weighted by molar-refractivity contribution is 0.979. The molecule has 0 atom stereocenters. The summed E-state index contributed by atoms with van der Waals surface area (Å²) in [6, 6.07) is 149. The van der Waals surface area contributed by atoms with E-state index in [9.17, 15) is 0 Å². The van der Waals surface area contributed by atoms with Crippen molar-refractivity contribution in [3.8, 4) is 158 Å². The molecule has 0 saturated heterocycles. The van der Waals surface area contributed by atoms with E-state index in [2.05, 4.69) is 373 Å². The molecule has 12 heteroatoms. The van der Waals surface area contributed by atoms with E-state index in [4.69, 9.17) is 40.1 Å². The van der Waals surface area contributed by atoms with Gasteiger partial charge in [-0.2, -0.15) is 10.2 Å². The van der Waals surface area contributed by atoms with Gasteiger partial charge in [-0.15, -0.1) is 22.7 Å². The van der Waals surface area contributed by atoms with Crippen molar-refractivity contribution < 1.29 is 0 Å². The quantitative estimate of drug-likeness (QED) is 0.106. The highest BCUT2D eigenvalue weighted by atomic mass is 32.1. The van der Waals surface area contributed by atoms with Crippen LogP contribution in [0.25, 0.3) is 231 Å². The standard InChI is InChI=1S/2C56H35N5S/c1-4-16-36(17-5-1)47-35-42-22-10-11-25-45(42)53-50(52(60-61(47)53)38-18-6-2-7-19-38)37-30-32-40(33-31-37)55-57-54(39-20-8-3-9-21-39)58-56(59-55)43-24-14-23-41(34-43)44-27-15-29-49-51(44)46-26-12-13-28-48(46)62-49;1-4-15-37(16-5-1)47-35-43-21-10-11-22-45(43)53-50(52(60-61(47)53)39-17-6-2-7-18-39)38-29-33-42(34-30-38)56-58-54(40-19-8-3-9-20-40)57-55(59-56)41-31-27-36(28-32-41)44-24-14-26-49-51(44)46-23-12-13-25-48(46)62-49/h2*1-35H. The van der Waals surface area contributed by atoms with E-state index in [1.807, 2.05) is 83.3 Å². The van der Waals surface area contributed by atoms with E-state index in [1.54, 1.807) is 0 Å². The minimum Gasteiger partial charge on any atom is -0.231 e. The Bertz CT molecular complexity index is 8180. The first-order valence-corrected chi connectivity index (χ1v) is 43.1. The molecule has 0 aliphatic rings. The molecule has 24 aromatic rings. The number of aromatic nitrogens is 10. The maximum Gasteiger partial charge on any atom is 0.164 e. The number of nitrogens with zero attached hydrogens (tertiary/aromatic N) is 10. The van der Waals surface area contributed by atoms with Gasteiger partial charge in [0.15, 0.2) is 34.9 Å². The summed E-state index contributed by atoms with van der Waals surface area (Å²) < 4.78 is 9.40. The van der Waals surface area contributed by atoms with E-state index >= 15 is 0 Å². The van der Waals surface area contributed by atoms with Crippen LogP contribution in [0.5, 0.6) is 0 Å². The summed E-state index contributed by atoms with van der Waals surface area (Å²) in [6.07, 6.45) is 0. The molecule has 10 nitrogen and oxygen atoms in total. The summed E-state index contributed by atoms with van der Waals surface area (Å²) >= 11 is 3.67. The largest absolute Gasteiger partial charge is 0.231 e. The molecule has 0 spiro atoms. The van der Waals surface area contributed by atoms with Gasteiger partial charge < -0.3 is 0 Å². The summed E-state index contributed by atoms with van der Waals surface area (Å²) in [7, 11) is 0. The molecule has 0 fully saturated rings. The molecule has 24 rings (SSSR count). The van der Waals surface area contributed by atoms with Crippen molar-refractivity contribution in [2.45, 2.75) is 0 Å². The van der Waals surface area contributed by atoms with Crippen molar-refractivity contribution in [1.82, 2.24) is 49.1 Å². The Morgan fingerprint density at radius 3 is 0.855 bits per heavy atom. The van der Waals surface area contributed by atoms with Gasteiger partial charge in [0.2, 0.25) is 0 Å². The first kappa shape index (κ1) is 73.1. The molecule has 8 aromatic heterocycles. The normalized spacial score (nSPS) is 11.5. The van der Waals surface area contributed by atoms with Crippen LogP contribution in [-0.4, -0.2) is 49.1 Å². The smallest absolute Gasteiger partial charge is 0.164 e. The van der Waals surface area contributed by atoms with E-state index < -0.39 is 0 Å². The number of rotatable bonds is 14. The van der Waals surface area contributed by atoms with Crippen LogP contribution in [0.2, 0.25) is 0 Å². The molecule has 0 amide bonds. The van der Waals surface area contributed by atoms with Gasteiger partial charge in [0.05, 0.1) is 22.4 Å². The van der Waals surface area contributed by atoms with Crippen LogP contribution in [0.1, 0.15) is 0 Å². The van der Waals surface area contributed by atoms with Gasteiger partial charge in [-0.3, -0.25) is 0 Å².